The molecular formula is C13H15N5O2. The third-order valence-electron chi connectivity index (χ3n) is 3.58. The molecule has 0 amide bonds. The molecule has 1 saturated heterocycles. The number of nitrogens with zero attached hydrogens (tertiary/aromatic N) is 5. The second-order valence-corrected chi connectivity index (χ2v) is 4.83. The van der Waals surface area contributed by atoms with E-state index in [4.69, 9.17) is 5.11 Å². The van der Waals surface area contributed by atoms with E-state index in [9.17, 15) is 4.79 Å². The molecule has 0 bridgehead atoms. The maximum atomic E-state index is 11.0. The summed E-state index contributed by atoms with van der Waals surface area (Å²) in [6.07, 6.45) is 1.24. The Kier molecular flexibility index (Phi) is 3.32. The van der Waals surface area contributed by atoms with Crippen LogP contribution >= 0.6 is 0 Å². The molecule has 1 aliphatic rings. The van der Waals surface area contributed by atoms with Gasteiger partial charge in [-0.15, -0.1) is 0 Å². The molecule has 1 aliphatic heterocycles. The van der Waals surface area contributed by atoms with Crippen molar-refractivity contribution in [3.05, 3.63) is 30.3 Å². The predicted octanol–water partition coefficient (Wildman–Crippen LogP) is 0.963. The molecule has 0 aliphatic carbocycles. The van der Waals surface area contributed by atoms with Crippen LogP contribution < -0.4 is 4.90 Å². The highest BCUT2D eigenvalue weighted by Gasteiger charge is 2.27. The lowest BCUT2D eigenvalue weighted by atomic mass is 9.97. The van der Waals surface area contributed by atoms with Crippen molar-refractivity contribution in [3.63, 3.8) is 0 Å². The number of carboxylic acid groups (broad SMARTS) is 1. The summed E-state index contributed by atoms with van der Waals surface area (Å²) in [6, 6.07) is 9.66. The number of benzene rings is 1. The van der Waals surface area contributed by atoms with Crippen LogP contribution in [0.3, 0.4) is 0 Å². The number of rotatable bonds is 3. The van der Waals surface area contributed by atoms with Gasteiger partial charge < -0.3 is 10.0 Å². The van der Waals surface area contributed by atoms with Crippen molar-refractivity contribution in [2.45, 2.75) is 12.8 Å². The Morgan fingerprint density at radius 1 is 1.20 bits per heavy atom. The summed E-state index contributed by atoms with van der Waals surface area (Å²) in [7, 11) is 0. The molecule has 0 radical (unpaired) electrons. The number of aliphatic carboxylic acids is 1. The molecule has 0 unspecified atom stereocenters. The van der Waals surface area contributed by atoms with Crippen LogP contribution in [0.25, 0.3) is 5.69 Å². The van der Waals surface area contributed by atoms with E-state index in [1.807, 2.05) is 35.2 Å². The van der Waals surface area contributed by atoms with Gasteiger partial charge in [0.1, 0.15) is 0 Å². The van der Waals surface area contributed by atoms with Crippen molar-refractivity contribution in [3.8, 4) is 5.69 Å². The fraction of sp³-hybridized carbons (Fsp3) is 0.385. The molecular weight excluding hydrogens is 258 g/mol. The molecule has 7 heteroatoms. The van der Waals surface area contributed by atoms with Crippen molar-refractivity contribution in [2.75, 3.05) is 18.0 Å². The average molecular weight is 273 g/mol. The second kappa shape index (κ2) is 5.28. The molecule has 104 valence electrons. The van der Waals surface area contributed by atoms with Crippen LogP contribution in [-0.2, 0) is 4.79 Å². The van der Waals surface area contributed by atoms with Crippen molar-refractivity contribution in [1.29, 1.82) is 0 Å². The van der Waals surface area contributed by atoms with E-state index in [-0.39, 0.29) is 5.92 Å². The molecule has 1 aromatic carbocycles. The topological polar surface area (TPSA) is 84.1 Å². The fourth-order valence-corrected chi connectivity index (χ4v) is 2.44. The molecule has 2 heterocycles. The highest BCUT2D eigenvalue weighted by molar-refractivity contribution is 5.70. The molecule has 1 fully saturated rings. The van der Waals surface area contributed by atoms with E-state index in [1.54, 1.807) is 4.68 Å². The number of hydrogen-bond donors (Lipinski definition) is 1. The molecule has 3 rings (SSSR count). The summed E-state index contributed by atoms with van der Waals surface area (Å²) >= 11 is 0. The van der Waals surface area contributed by atoms with Gasteiger partial charge in [-0.05, 0) is 35.4 Å². The summed E-state index contributed by atoms with van der Waals surface area (Å²) in [4.78, 5) is 13.0. The first-order chi connectivity index (χ1) is 9.75. The van der Waals surface area contributed by atoms with Crippen molar-refractivity contribution in [1.82, 2.24) is 20.2 Å². The number of piperidine rings is 1. The highest BCUT2D eigenvalue weighted by Crippen LogP contribution is 2.23. The number of hydrogen-bond acceptors (Lipinski definition) is 5. The first-order valence-corrected chi connectivity index (χ1v) is 6.57. The number of carboxylic acids is 1. The summed E-state index contributed by atoms with van der Waals surface area (Å²) < 4.78 is 1.68. The summed E-state index contributed by atoms with van der Waals surface area (Å²) in [5.74, 6) is -0.306. The van der Waals surface area contributed by atoms with E-state index in [0.717, 1.165) is 5.69 Å². The Morgan fingerprint density at radius 3 is 2.55 bits per heavy atom. The number of carbonyl (C=O) groups is 1. The lowest BCUT2D eigenvalue weighted by molar-refractivity contribution is -0.142. The van der Waals surface area contributed by atoms with Crippen molar-refractivity contribution in [2.24, 2.45) is 5.92 Å². The van der Waals surface area contributed by atoms with Gasteiger partial charge >= 0.3 is 5.97 Å². The van der Waals surface area contributed by atoms with E-state index >= 15 is 0 Å². The van der Waals surface area contributed by atoms with Crippen LogP contribution in [0.4, 0.5) is 5.95 Å². The minimum atomic E-state index is -0.715. The Balaban J connectivity index is 1.80. The summed E-state index contributed by atoms with van der Waals surface area (Å²) in [5.41, 5.74) is 0.896. The van der Waals surface area contributed by atoms with E-state index in [0.29, 0.717) is 31.9 Å². The zero-order chi connectivity index (χ0) is 13.9. The Labute approximate surface area is 115 Å². The van der Waals surface area contributed by atoms with Gasteiger partial charge in [0.05, 0.1) is 11.6 Å². The van der Waals surface area contributed by atoms with Crippen LogP contribution in [0, 0.1) is 5.92 Å². The minimum absolute atomic E-state index is 0.257. The Morgan fingerprint density at radius 2 is 1.90 bits per heavy atom. The lowest BCUT2D eigenvalue weighted by Crippen LogP contribution is -2.37. The first kappa shape index (κ1) is 12.6. The first-order valence-electron chi connectivity index (χ1n) is 6.57. The molecule has 0 saturated carbocycles. The smallest absolute Gasteiger partial charge is 0.306 e. The normalized spacial score (nSPS) is 16.3. The molecule has 20 heavy (non-hydrogen) atoms. The summed E-state index contributed by atoms with van der Waals surface area (Å²) in [5, 5.41) is 20.8. The maximum Gasteiger partial charge on any atom is 0.306 e. The predicted molar refractivity (Wildman–Crippen MR) is 71.7 cm³/mol. The largest absolute Gasteiger partial charge is 0.481 e. The highest BCUT2D eigenvalue weighted by atomic mass is 16.4. The zero-order valence-corrected chi connectivity index (χ0v) is 10.9. The van der Waals surface area contributed by atoms with Gasteiger partial charge in [0.2, 0.25) is 5.95 Å². The summed E-state index contributed by atoms with van der Waals surface area (Å²) in [6.45, 7) is 1.31. The third-order valence-corrected chi connectivity index (χ3v) is 3.58. The van der Waals surface area contributed by atoms with Crippen LogP contribution in [-0.4, -0.2) is 44.4 Å². The fourth-order valence-electron chi connectivity index (χ4n) is 2.44. The second-order valence-electron chi connectivity index (χ2n) is 4.83. The quantitative estimate of drug-likeness (QED) is 0.896. The Bertz CT molecular complexity index is 590. The van der Waals surface area contributed by atoms with Gasteiger partial charge in [-0.2, -0.15) is 4.68 Å². The monoisotopic (exact) mass is 273 g/mol. The molecule has 1 aromatic heterocycles. The molecule has 1 N–H and O–H groups in total. The molecule has 0 spiro atoms. The lowest BCUT2D eigenvalue weighted by Gasteiger charge is -2.30. The molecule has 0 atom stereocenters. The number of para-hydroxylation sites is 1. The zero-order valence-electron chi connectivity index (χ0n) is 10.9. The van der Waals surface area contributed by atoms with Gasteiger partial charge in [0.25, 0.3) is 0 Å². The van der Waals surface area contributed by atoms with Crippen LogP contribution in [0.5, 0.6) is 0 Å². The number of aromatic nitrogens is 4. The standard InChI is InChI=1S/C13H15N5O2/c19-12(20)10-6-8-17(9-7-10)13-14-15-16-18(13)11-4-2-1-3-5-11/h1-5,10H,6-9H2,(H,19,20). The van der Waals surface area contributed by atoms with Crippen LogP contribution in [0.2, 0.25) is 0 Å². The van der Waals surface area contributed by atoms with Gasteiger partial charge in [-0.3, -0.25) is 4.79 Å². The van der Waals surface area contributed by atoms with Gasteiger partial charge in [-0.25, -0.2) is 0 Å². The van der Waals surface area contributed by atoms with E-state index < -0.39 is 5.97 Å². The van der Waals surface area contributed by atoms with Crippen molar-refractivity contribution >= 4 is 11.9 Å². The Hall–Kier alpha value is -2.44. The van der Waals surface area contributed by atoms with Crippen LogP contribution in [0.1, 0.15) is 12.8 Å². The molecule has 2 aromatic rings. The van der Waals surface area contributed by atoms with Gasteiger partial charge in [0, 0.05) is 13.1 Å². The van der Waals surface area contributed by atoms with E-state index in [1.165, 1.54) is 0 Å². The van der Waals surface area contributed by atoms with E-state index in [2.05, 4.69) is 15.5 Å². The van der Waals surface area contributed by atoms with Gasteiger partial charge in [0.15, 0.2) is 0 Å². The maximum absolute atomic E-state index is 11.0. The average Bonchev–Trinajstić information content (AvgIpc) is 2.97. The van der Waals surface area contributed by atoms with Crippen molar-refractivity contribution < 1.29 is 9.90 Å². The van der Waals surface area contributed by atoms with Gasteiger partial charge in [-0.1, -0.05) is 23.3 Å². The third kappa shape index (κ3) is 2.34. The SMILES string of the molecule is O=C(O)C1CCN(c2nnnn2-c2ccccc2)CC1. The minimum Gasteiger partial charge on any atom is -0.481 e. The number of anilines is 1. The number of tetrazole rings is 1. The van der Waals surface area contributed by atoms with Crippen LogP contribution in [0.15, 0.2) is 30.3 Å². The molecule has 7 nitrogen and oxygen atoms in total.